The van der Waals surface area contributed by atoms with Crippen LogP contribution in [0.15, 0.2) is 36.5 Å². The van der Waals surface area contributed by atoms with Gasteiger partial charge in [0.15, 0.2) is 0 Å². The summed E-state index contributed by atoms with van der Waals surface area (Å²) < 4.78 is 0. The van der Waals surface area contributed by atoms with Crippen LogP contribution < -0.4 is 0 Å². The van der Waals surface area contributed by atoms with Gasteiger partial charge in [-0.15, -0.1) is 0 Å². The molecule has 1 aromatic carbocycles. The Balaban J connectivity index is 2.16. The lowest BCUT2D eigenvalue weighted by atomic mass is 10.0. The van der Waals surface area contributed by atoms with Crippen molar-refractivity contribution < 1.29 is 4.79 Å². The van der Waals surface area contributed by atoms with Crippen molar-refractivity contribution in [1.82, 2.24) is 4.98 Å². The molecule has 0 atom stereocenters. The summed E-state index contributed by atoms with van der Waals surface area (Å²) in [5.41, 5.74) is 2.23. The number of hydrogen-bond acceptors (Lipinski definition) is 2. The highest BCUT2D eigenvalue weighted by atomic mass is 16.1. The summed E-state index contributed by atoms with van der Waals surface area (Å²) >= 11 is 0. The molecule has 0 spiro atoms. The van der Waals surface area contributed by atoms with Crippen molar-refractivity contribution in [3.63, 3.8) is 0 Å². The first-order valence-electron chi connectivity index (χ1n) is 6.15. The van der Waals surface area contributed by atoms with Crippen molar-refractivity contribution >= 4 is 16.7 Å². The van der Waals surface area contributed by atoms with Crippen LogP contribution in [0, 0.1) is 0 Å². The Morgan fingerprint density at radius 2 is 2.06 bits per heavy atom. The third kappa shape index (κ3) is 2.90. The summed E-state index contributed by atoms with van der Waals surface area (Å²) in [4.78, 5) is 15.9. The monoisotopic (exact) mass is 227 g/mol. The van der Waals surface area contributed by atoms with Crippen molar-refractivity contribution in [2.45, 2.75) is 32.6 Å². The number of ketones is 1. The molecule has 2 aromatic rings. The maximum absolute atomic E-state index is 11.5. The minimum Gasteiger partial charge on any atom is -0.300 e. The van der Waals surface area contributed by atoms with Crippen LogP contribution in [0.25, 0.3) is 10.9 Å². The lowest BCUT2D eigenvalue weighted by Gasteiger charge is -2.05. The Morgan fingerprint density at radius 3 is 2.88 bits per heavy atom. The van der Waals surface area contributed by atoms with Gasteiger partial charge in [-0.05, 0) is 30.5 Å². The van der Waals surface area contributed by atoms with E-state index in [0.29, 0.717) is 18.6 Å². The topological polar surface area (TPSA) is 30.0 Å². The van der Waals surface area contributed by atoms with Gasteiger partial charge in [0.05, 0.1) is 5.52 Å². The molecule has 0 amide bonds. The number of fused-ring (bicyclic) bond motifs is 1. The number of carbonyl (C=O) groups excluding carboxylic acids is 1. The molecule has 0 fully saturated rings. The summed E-state index contributed by atoms with van der Waals surface area (Å²) in [5.74, 6) is 0.355. The fourth-order valence-electron chi connectivity index (χ4n) is 2.06. The Labute approximate surface area is 102 Å². The number of nitrogens with zero attached hydrogens (tertiary/aromatic N) is 1. The minimum atomic E-state index is 0.355. The molecule has 0 saturated carbocycles. The van der Waals surface area contributed by atoms with E-state index in [1.54, 1.807) is 6.20 Å². The van der Waals surface area contributed by atoms with Gasteiger partial charge >= 0.3 is 0 Å². The molecule has 2 nitrogen and oxygen atoms in total. The first-order valence-corrected chi connectivity index (χ1v) is 6.15. The summed E-state index contributed by atoms with van der Waals surface area (Å²) in [6.45, 7) is 2.04. The van der Waals surface area contributed by atoms with Gasteiger partial charge in [0.25, 0.3) is 0 Å². The van der Waals surface area contributed by atoms with Gasteiger partial charge in [-0.1, -0.05) is 25.1 Å². The first-order chi connectivity index (χ1) is 8.31. The summed E-state index contributed by atoms with van der Waals surface area (Å²) in [5, 5.41) is 1.17. The Hall–Kier alpha value is -1.70. The van der Waals surface area contributed by atoms with Crippen LogP contribution in [0.3, 0.4) is 0 Å². The molecule has 1 heterocycles. The van der Waals surface area contributed by atoms with Crippen LogP contribution in [0.2, 0.25) is 0 Å². The van der Waals surface area contributed by atoms with E-state index in [9.17, 15) is 4.79 Å². The minimum absolute atomic E-state index is 0.355. The number of carbonyl (C=O) groups is 1. The van der Waals surface area contributed by atoms with Crippen LogP contribution in [0.1, 0.15) is 31.7 Å². The average molecular weight is 227 g/mol. The molecule has 0 unspecified atom stereocenters. The second kappa shape index (κ2) is 5.58. The van der Waals surface area contributed by atoms with Crippen LogP contribution in [0.5, 0.6) is 0 Å². The molecule has 17 heavy (non-hydrogen) atoms. The molecular formula is C15H17NO. The second-order valence-electron chi connectivity index (χ2n) is 4.28. The third-order valence-electron chi connectivity index (χ3n) is 2.94. The predicted octanol–water partition coefficient (Wildman–Crippen LogP) is 3.54. The number of pyridine rings is 1. The normalized spacial score (nSPS) is 10.6. The van der Waals surface area contributed by atoms with Crippen LogP contribution in [0.4, 0.5) is 0 Å². The molecule has 0 saturated heterocycles. The van der Waals surface area contributed by atoms with Crippen LogP contribution >= 0.6 is 0 Å². The molecule has 0 bridgehead atoms. The second-order valence-corrected chi connectivity index (χ2v) is 4.28. The number of rotatable bonds is 5. The van der Waals surface area contributed by atoms with Gasteiger partial charge in [-0.2, -0.15) is 0 Å². The van der Waals surface area contributed by atoms with Gasteiger partial charge in [0.2, 0.25) is 0 Å². The average Bonchev–Trinajstić information content (AvgIpc) is 2.36. The Morgan fingerprint density at radius 1 is 1.18 bits per heavy atom. The van der Waals surface area contributed by atoms with E-state index in [-0.39, 0.29) is 0 Å². The lowest BCUT2D eigenvalue weighted by Crippen LogP contribution is -1.99. The predicted molar refractivity (Wildman–Crippen MR) is 70.0 cm³/mol. The molecular weight excluding hydrogens is 210 g/mol. The van der Waals surface area contributed by atoms with Crippen molar-refractivity contribution in [3.05, 3.63) is 42.1 Å². The maximum atomic E-state index is 11.5. The van der Waals surface area contributed by atoms with Gasteiger partial charge in [-0.25, -0.2) is 0 Å². The van der Waals surface area contributed by atoms with E-state index in [1.165, 1.54) is 10.9 Å². The van der Waals surface area contributed by atoms with E-state index < -0.39 is 0 Å². The largest absolute Gasteiger partial charge is 0.300 e. The van der Waals surface area contributed by atoms with Gasteiger partial charge in [0, 0.05) is 24.4 Å². The molecule has 0 aliphatic rings. The standard InChI is InChI=1S/C15H17NO/c1-2-5-13(17)10-9-12-6-3-8-15-14(12)7-4-11-16-15/h3-4,6-8,11H,2,5,9-10H2,1H3. The molecule has 0 N–H and O–H groups in total. The Bertz CT molecular complexity index is 514. The molecule has 0 aliphatic carbocycles. The van der Waals surface area contributed by atoms with Crippen molar-refractivity contribution in [2.75, 3.05) is 0 Å². The van der Waals surface area contributed by atoms with Crippen molar-refractivity contribution in [3.8, 4) is 0 Å². The SMILES string of the molecule is CCCC(=O)CCc1cccc2ncccc12. The fraction of sp³-hybridized carbons (Fsp3) is 0.333. The van der Waals surface area contributed by atoms with E-state index in [0.717, 1.165) is 18.4 Å². The first kappa shape index (κ1) is 11.8. The molecule has 2 heteroatoms. The van der Waals surface area contributed by atoms with Crippen LogP contribution in [-0.4, -0.2) is 10.8 Å². The quantitative estimate of drug-likeness (QED) is 0.782. The highest BCUT2D eigenvalue weighted by Gasteiger charge is 2.04. The highest BCUT2D eigenvalue weighted by molar-refractivity contribution is 5.83. The third-order valence-corrected chi connectivity index (χ3v) is 2.94. The summed E-state index contributed by atoms with van der Waals surface area (Å²) in [6, 6.07) is 10.1. The number of aryl methyl sites for hydroxylation is 1. The fourth-order valence-corrected chi connectivity index (χ4v) is 2.06. The van der Waals surface area contributed by atoms with Gasteiger partial charge < -0.3 is 0 Å². The number of Topliss-reactive ketones (excluding diaryl/α,β-unsaturated/α-hetero) is 1. The zero-order chi connectivity index (χ0) is 12.1. The molecule has 88 valence electrons. The van der Waals surface area contributed by atoms with E-state index in [4.69, 9.17) is 0 Å². The highest BCUT2D eigenvalue weighted by Crippen LogP contribution is 2.18. The van der Waals surface area contributed by atoms with Crippen molar-refractivity contribution in [1.29, 1.82) is 0 Å². The summed E-state index contributed by atoms with van der Waals surface area (Å²) in [6.07, 6.45) is 4.90. The van der Waals surface area contributed by atoms with E-state index in [2.05, 4.69) is 17.1 Å². The zero-order valence-electron chi connectivity index (χ0n) is 10.1. The number of hydrogen-bond donors (Lipinski definition) is 0. The Kier molecular flexibility index (Phi) is 3.86. The maximum Gasteiger partial charge on any atom is 0.133 e. The van der Waals surface area contributed by atoms with E-state index >= 15 is 0 Å². The van der Waals surface area contributed by atoms with Gasteiger partial charge in [0.1, 0.15) is 5.78 Å². The zero-order valence-corrected chi connectivity index (χ0v) is 10.1. The molecule has 0 aliphatic heterocycles. The van der Waals surface area contributed by atoms with Crippen LogP contribution in [-0.2, 0) is 11.2 Å². The molecule has 0 radical (unpaired) electrons. The van der Waals surface area contributed by atoms with Crippen molar-refractivity contribution in [2.24, 2.45) is 0 Å². The van der Waals surface area contributed by atoms with Gasteiger partial charge in [-0.3, -0.25) is 9.78 Å². The molecule has 1 aromatic heterocycles. The van der Waals surface area contributed by atoms with E-state index in [1.807, 2.05) is 25.1 Å². The summed E-state index contributed by atoms with van der Waals surface area (Å²) in [7, 11) is 0. The molecule has 2 rings (SSSR count). The number of aromatic nitrogens is 1. The lowest BCUT2D eigenvalue weighted by molar-refractivity contribution is -0.119. The number of benzene rings is 1. The smallest absolute Gasteiger partial charge is 0.133 e.